The van der Waals surface area contributed by atoms with Crippen LogP contribution in [-0.4, -0.2) is 5.92 Å². The molecule has 12 heavy (non-hydrogen) atoms. The van der Waals surface area contributed by atoms with Crippen LogP contribution in [0.1, 0.15) is 40.0 Å². The summed E-state index contributed by atoms with van der Waals surface area (Å²) in [5, 5.41) is 0. The Morgan fingerprint density at radius 2 is 1.83 bits per heavy atom. The normalized spacial score (nSPS) is 41.2. The predicted octanol–water partition coefficient (Wildman–Crippen LogP) is 3.71. The van der Waals surface area contributed by atoms with E-state index in [1.807, 2.05) is 6.92 Å². The third-order valence-corrected chi connectivity index (χ3v) is 3.14. The molecule has 0 heterocycles. The van der Waals surface area contributed by atoms with Crippen molar-refractivity contribution in [2.24, 2.45) is 17.8 Å². The van der Waals surface area contributed by atoms with Gasteiger partial charge in [-0.2, -0.15) is 0 Å². The van der Waals surface area contributed by atoms with Gasteiger partial charge >= 0.3 is 0 Å². The van der Waals surface area contributed by atoms with Gasteiger partial charge in [-0.3, -0.25) is 0 Å². The summed E-state index contributed by atoms with van der Waals surface area (Å²) in [5.74, 6) is -2.74. The molecule has 0 spiro atoms. The first-order valence-corrected chi connectivity index (χ1v) is 4.86. The van der Waals surface area contributed by atoms with Crippen molar-refractivity contribution in [3.63, 3.8) is 0 Å². The molecule has 0 aromatic carbocycles. The van der Waals surface area contributed by atoms with Crippen LogP contribution in [0.2, 0.25) is 0 Å². The number of hydrogen-bond donors (Lipinski definition) is 0. The molecular formula is C10H18F2. The minimum absolute atomic E-state index is 0.378. The Morgan fingerprint density at radius 1 is 1.25 bits per heavy atom. The monoisotopic (exact) mass is 176 g/mol. The lowest BCUT2D eigenvalue weighted by Gasteiger charge is -2.39. The maximum atomic E-state index is 13.4. The molecule has 0 nitrogen and oxygen atoms in total. The molecular weight excluding hydrogens is 158 g/mol. The number of hydrogen-bond acceptors (Lipinski definition) is 0. The molecule has 0 aromatic heterocycles. The molecule has 0 N–H and O–H groups in total. The smallest absolute Gasteiger partial charge is 0.206 e. The van der Waals surface area contributed by atoms with Crippen LogP contribution in [0, 0.1) is 17.8 Å². The Kier molecular flexibility index (Phi) is 2.74. The van der Waals surface area contributed by atoms with Gasteiger partial charge in [-0.1, -0.05) is 20.8 Å². The van der Waals surface area contributed by atoms with E-state index in [9.17, 15) is 8.78 Å². The van der Waals surface area contributed by atoms with Crippen molar-refractivity contribution in [2.75, 3.05) is 0 Å². The Bertz CT molecular complexity index is 154. The largest absolute Gasteiger partial charge is 0.253 e. The molecule has 3 unspecified atom stereocenters. The second kappa shape index (κ2) is 3.31. The molecule has 0 radical (unpaired) electrons. The standard InChI is InChI=1S/C10H18F2/c1-4-9-6-7(2)5-8(3)10(9,11)12/h7-9H,4-6H2,1-3H3. The fraction of sp³-hybridized carbons (Fsp3) is 1.00. The first-order valence-electron chi connectivity index (χ1n) is 4.86. The van der Waals surface area contributed by atoms with Crippen molar-refractivity contribution in [1.82, 2.24) is 0 Å². The first kappa shape index (κ1) is 9.94. The van der Waals surface area contributed by atoms with E-state index in [1.165, 1.54) is 0 Å². The average Bonchev–Trinajstić information content (AvgIpc) is 1.97. The maximum absolute atomic E-state index is 13.4. The van der Waals surface area contributed by atoms with Crippen LogP contribution in [-0.2, 0) is 0 Å². The van der Waals surface area contributed by atoms with Gasteiger partial charge < -0.3 is 0 Å². The molecule has 1 fully saturated rings. The first-order chi connectivity index (χ1) is 5.48. The highest BCUT2D eigenvalue weighted by Crippen LogP contribution is 2.46. The van der Waals surface area contributed by atoms with Crippen LogP contribution in [0.15, 0.2) is 0 Å². The molecule has 0 amide bonds. The zero-order valence-electron chi connectivity index (χ0n) is 8.11. The van der Waals surface area contributed by atoms with Crippen molar-refractivity contribution >= 4 is 0 Å². The van der Waals surface area contributed by atoms with Crippen LogP contribution >= 0.6 is 0 Å². The van der Waals surface area contributed by atoms with Gasteiger partial charge in [0.15, 0.2) is 0 Å². The van der Waals surface area contributed by atoms with Crippen molar-refractivity contribution < 1.29 is 8.78 Å². The lowest BCUT2D eigenvalue weighted by Crippen LogP contribution is -2.41. The molecule has 1 aliphatic rings. The van der Waals surface area contributed by atoms with Gasteiger partial charge in [0.1, 0.15) is 0 Å². The third kappa shape index (κ3) is 1.62. The summed E-state index contributed by atoms with van der Waals surface area (Å²) in [6, 6.07) is 0. The number of rotatable bonds is 1. The quantitative estimate of drug-likeness (QED) is 0.571. The highest BCUT2D eigenvalue weighted by molar-refractivity contribution is 4.88. The summed E-state index contributed by atoms with van der Waals surface area (Å²) in [6.45, 7) is 5.62. The second-order valence-corrected chi connectivity index (χ2v) is 4.26. The van der Waals surface area contributed by atoms with E-state index in [0.717, 1.165) is 0 Å². The molecule has 0 saturated heterocycles. The Labute approximate surface area is 73.3 Å². The Balaban J connectivity index is 2.71. The number of halogens is 2. The van der Waals surface area contributed by atoms with E-state index in [2.05, 4.69) is 6.92 Å². The Hall–Kier alpha value is -0.140. The van der Waals surface area contributed by atoms with Gasteiger partial charge in [-0.25, -0.2) is 8.78 Å². The van der Waals surface area contributed by atoms with Gasteiger partial charge in [0.25, 0.3) is 5.92 Å². The van der Waals surface area contributed by atoms with Gasteiger partial charge in [0, 0.05) is 11.8 Å². The topological polar surface area (TPSA) is 0 Å². The molecule has 0 aromatic rings. The van der Waals surface area contributed by atoms with Gasteiger partial charge in [0.05, 0.1) is 0 Å². The zero-order valence-corrected chi connectivity index (χ0v) is 8.11. The van der Waals surface area contributed by atoms with E-state index in [4.69, 9.17) is 0 Å². The van der Waals surface area contributed by atoms with Gasteiger partial charge in [-0.05, 0) is 25.2 Å². The van der Waals surface area contributed by atoms with Crippen LogP contribution in [0.3, 0.4) is 0 Å². The van der Waals surface area contributed by atoms with Crippen LogP contribution in [0.4, 0.5) is 8.78 Å². The SMILES string of the molecule is CCC1CC(C)CC(C)C1(F)F. The lowest BCUT2D eigenvalue weighted by atomic mass is 9.73. The number of alkyl halides is 2. The molecule has 1 rings (SSSR count). The van der Waals surface area contributed by atoms with Crippen molar-refractivity contribution in [1.29, 1.82) is 0 Å². The molecule has 0 aliphatic heterocycles. The maximum Gasteiger partial charge on any atom is 0.253 e. The summed E-state index contributed by atoms with van der Waals surface area (Å²) in [5.41, 5.74) is 0. The minimum atomic E-state index is -2.42. The summed E-state index contributed by atoms with van der Waals surface area (Å²) in [6.07, 6.45) is 2.00. The van der Waals surface area contributed by atoms with E-state index in [-0.39, 0.29) is 5.92 Å². The summed E-state index contributed by atoms with van der Waals surface area (Å²) in [7, 11) is 0. The van der Waals surface area contributed by atoms with Crippen LogP contribution in [0.25, 0.3) is 0 Å². The van der Waals surface area contributed by atoms with Crippen molar-refractivity contribution in [3.05, 3.63) is 0 Å². The highest BCUT2D eigenvalue weighted by atomic mass is 19.3. The molecule has 0 bridgehead atoms. The second-order valence-electron chi connectivity index (χ2n) is 4.26. The average molecular weight is 176 g/mol. The molecule has 2 heteroatoms. The third-order valence-electron chi connectivity index (χ3n) is 3.14. The van der Waals surface area contributed by atoms with E-state index < -0.39 is 11.8 Å². The fourth-order valence-electron chi connectivity index (χ4n) is 2.34. The summed E-state index contributed by atoms with van der Waals surface area (Å²) >= 11 is 0. The van der Waals surface area contributed by atoms with Crippen LogP contribution < -0.4 is 0 Å². The molecule has 3 atom stereocenters. The van der Waals surface area contributed by atoms with Gasteiger partial charge in [0.2, 0.25) is 0 Å². The summed E-state index contributed by atoms with van der Waals surface area (Å²) in [4.78, 5) is 0. The molecule has 72 valence electrons. The van der Waals surface area contributed by atoms with Crippen molar-refractivity contribution in [2.45, 2.75) is 46.0 Å². The van der Waals surface area contributed by atoms with E-state index >= 15 is 0 Å². The summed E-state index contributed by atoms with van der Waals surface area (Å²) < 4.78 is 26.9. The molecule has 1 aliphatic carbocycles. The lowest BCUT2D eigenvalue weighted by molar-refractivity contribution is -0.137. The van der Waals surface area contributed by atoms with Gasteiger partial charge in [-0.15, -0.1) is 0 Å². The van der Waals surface area contributed by atoms with Crippen LogP contribution in [0.5, 0.6) is 0 Å². The zero-order chi connectivity index (χ0) is 9.35. The van der Waals surface area contributed by atoms with E-state index in [1.54, 1.807) is 6.92 Å². The van der Waals surface area contributed by atoms with Crippen molar-refractivity contribution in [3.8, 4) is 0 Å². The minimum Gasteiger partial charge on any atom is -0.206 e. The predicted molar refractivity (Wildman–Crippen MR) is 46.3 cm³/mol. The highest BCUT2D eigenvalue weighted by Gasteiger charge is 2.47. The van der Waals surface area contributed by atoms with E-state index in [0.29, 0.717) is 25.2 Å². The Morgan fingerprint density at radius 3 is 2.33 bits per heavy atom. The fourth-order valence-corrected chi connectivity index (χ4v) is 2.34. The molecule has 1 saturated carbocycles.